The third kappa shape index (κ3) is 8.41. The number of morpholine rings is 1. The Balaban J connectivity index is 1.80. The molecule has 2 rings (SSSR count). The van der Waals surface area contributed by atoms with E-state index in [1.54, 1.807) is 12.1 Å². The third-order valence-corrected chi connectivity index (χ3v) is 4.72. The van der Waals surface area contributed by atoms with Crippen molar-refractivity contribution in [3.8, 4) is 0 Å². The van der Waals surface area contributed by atoms with Crippen LogP contribution in [0.25, 0.3) is 0 Å². The molecule has 1 fully saturated rings. The maximum absolute atomic E-state index is 11.5. The first-order chi connectivity index (χ1) is 14.0. The van der Waals surface area contributed by atoms with Crippen molar-refractivity contribution < 1.29 is 14.3 Å². The highest BCUT2D eigenvalue weighted by Crippen LogP contribution is 2.09. The van der Waals surface area contributed by atoms with E-state index in [9.17, 15) is 4.79 Å². The number of hydrogen-bond donors (Lipinski definition) is 2. The minimum atomic E-state index is -0.312. The number of ether oxygens (including phenoxy) is 2. The van der Waals surface area contributed by atoms with Crippen LogP contribution in [0, 0.1) is 5.92 Å². The lowest BCUT2D eigenvalue weighted by Gasteiger charge is -2.33. The molecule has 1 aromatic rings. The molecule has 29 heavy (non-hydrogen) atoms. The molecule has 162 valence electrons. The standard InChI is InChI=1S/C22H36N4O3/c1-5-23-22(25-14-20-16-26(12-13-29-20)15-17(2)3)24-11-10-18-6-8-19(9-7-18)21(27)28-4/h6-9,17,20H,5,10-16H2,1-4H3,(H2,23,24,25). The number of benzene rings is 1. The number of esters is 1. The Labute approximate surface area is 174 Å². The molecule has 1 saturated heterocycles. The quantitative estimate of drug-likeness (QED) is 0.372. The Morgan fingerprint density at radius 2 is 2.07 bits per heavy atom. The summed E-state index contributed by atoms with van der Waals surface area (Å²) in [4.78, 5) is 18.7. The maximum atomic E-state index is 11.5. The zero-order valence-electron chi connectivity index (χ0n) is 18.2. The second kappa shape index (κ2) is 12.4. The average molecular weight is 405 g/mol. The van der Waals surface area contributed by atoms with Crippen LogP contribution < -0.4 is 10.6 Å². The fourth-order valence-electron chi connectivity index (χ4n) is 3.36. The zero-order valence-corrected chi connectivity index (χ0v) is 18.2. The molecule has 0 amide bonds. The number of hydrogen-bond acceptors (Lipinski definition) is 5. The first-order valence-electron chi connectivity index (χ1n) is 10.5. The first-order valence-corrected chi connectivity index (χ1v) is 10.5. The number of guanidine groups is 1. The predicted molar refractivity (Wildman–Crippen MR) is 116 cm³/mol. The molecule has 0 saturated carbocycles. The molecule has 0 bridgehead atoms. The summed E-state index contributed by atoms with van der Waals surface area (Å²) >= 11 is 0. The van der Waals surface area contributed by atoms with E-state index < -0.39 is 0 Å². The van der Waals surface area contributed by atoms with Crippen molar-refractivity contribution in [1.82, 2.24) is 15.5 Å². The summed E-state index contributed by atoms with van der Waals surface area (Å²) in [6, 6.07) is 7.50. The van der Waals surface area contributed by atoms with Gasteiger partial charge in [0.15, 0.2) is 5.96 Å². The van der Waals surface area contributed by atoms with Crippen molar-refractivity contribution in [2.24, 2.45) is 10.9 Å². The summed E-state index contributed by atoms with van der Waals surface area (Å²) in [5.41, 5.74) is 1.72. The van der Waals surface area contributed by atoms with E-state index in [0.29, 0.717) is 18.0 Å². The molecular formula is C22H36N4O3. The Kier molecular flexibility index (Phi) is 9.94. The monoisotopic (exact) mass is 404 g/mol. The molecule has 0 spiro atoms. The highest BCUT2D eigenvalue weighted by molar-refractivity contribution is 5.89. The molecule has 1 unspecified atom stereocenters. The second-order valence-corrected chi connectivity index (χ2v) is 7.73. The van der Waals surface area contributed by atoms with Crippen LogP contribution in [-0.4, -0.2) is 75.9 Å². The van der Waals surface area contributed by atoms with E-state index in [1.165, 1.54) is 7.11 Å². The van der Waals surface area contributed by atoms with Gasteiger partial charge in [0.25, 0.3) is 0 Å². The fraction of sp³-hybridized carbons (Fsp3) is 0.636. The van der Waals surface area contributed by atoms with Gasteiger partial charge in [-0.05, 0) is 37.0 Å². The smallest absolute Gasteiger partial charge is 0.337 e. The molecule has 0 aromatic heterocycles. The lowest BCUT2D eigenvalue weighted by Crippen LogP contribution is -2.46. The summed E-state index contributed by atoms with van der Waals surface area (Å²) in [5, 5.41) is 6.67. The van der Waals surface area contributed by atoms with Gasteiger partial charge < -0.3 is 20.1 Å². The normalized spacial score (nSPS) is 18.0. The van der Waals surface area contributed by atoms with Gasteiger partial charge in [0.05, 0.1) is 31.9 Å². The van der Waals surface area contributed by atoms with Crippen LogP contribution in [0.15, 0.2) is 29.3 Å². The Bertz CT molecular complexity index is 646. The summed E-state index contributed by atoms with van der Waals surface area (Å²) in [6.45, 7) is 12.6. The SMILES string of the molecule is CCNC(=NCC1CN(CC(C)C)CCO1)NCCc1ccc(C(=O)OC)cc1. The number of aliphatic imine (C=N–C) groups is 1. The predicted octanol–water partition coefficient (Wildman–Crippen LogP) is 1.93. The lowest BCUT2D eigenvalue weighted by atomic mass is 10.1. The van der Waals surface area contributed by atoms with E-state index in [4.69, 9.17) is 14.5 Å². The molecule has 7 nitrogen and oxygen atoms in total. The van der Waals surface area contributed by atoms with Gasteiger partial charge in [-0.15, -0.1) is 0 Å². The van der Waals surface area contributed by atoms with Gasteiger partial charge in [-0.1, -0.05) is 26.0 Å². The van der Waals surface area contributed by atoms with Crippen molar-refractivity contribution >= 4 is 11.9 Å². The van der Waals surface area contributed by atoms with Crippen LogP contribution in [0.2, 0.25) is 0 Å². The van der Waals surface area contributed by atoms with E-state index in [1.807, 2.05) is 12.1 Å². The summed E-state index contributed by atoms with van der Waals surface area (Å²) in [7, 11) is 1.39. The van der Waals surface area contributed by atoms with Gasteiger partial charge in [0.2, 0.25) is 0 Å². The van der Waals surface area contributed by atoms with Gasteiger partial charge >= 0.3 is 5.97 Å². The van der Waals surface area contributed by atoms with Crippen molar-refractivity contribution in [3.63, 3.8) is 0 Å². The number of carbonyl (C=O) groups is 1. The molecule has 0 radical (unpaired) electrons. The molecule has 7 heteroatoms. The minimum Gasteiger partial charge on any atom is -0.465 e. The van der Waals surface area contributed by atoms with Crippen molar-refractivity contribution in [1.29, 1.82) is 0 Å². The number of nitrogens with one attached hydrogen (secondary N) is 2. The molecule has 1 heterocycles. The van der Waals surface area contributed by atoms with Crippen LogP contribution in [0.4, 0.5) is 0 Å². The van der Waals surface area contributed by atoms with Crippen molar-refractivity contribution in [3.05, 3.63) is 35.4 Å². The van der Waals surface area contributed by atoms with E-state index >= 15 is 0 Å². The van der Waals surface area contributed by atoms with Gasteiger partial charge in [-0.3, -0.25) is 9.89 Å². The average Bonchev–Trinajstić information content (AvgIpc) is 2.71. The highest BCUT2D eigenvalue weighted by Gasteiger charge is 2.20. The molecule has 2 N–H and O–H groups in total. The van der Waals surface area contributed by atoms with Crippen LogP contribution in [0.5, 0.6) is 0 Å². The molecular weight excluding hydrogens is 368 g/mol. The molecule has 1 aromatic carbocycles. The summed E-state index contributed by atoms with van der Waals surface area (Å²) in [6.07, 6.45) is 0.984. The Hall–Kier alpha value is -2.12. The zero-order chi connectivity index (χ0) is 21.1. The topological polar surface area (TPSA) is 75.2 Å². The number of carbonyl (C=O) groups excluding carboxylic acids is 1. The Morgan fingerprint density at radius 1 is 1.31 bits per heavy atom. The molecule has 1 aliphatic rings. The van der Waals surface area contributed by atoms with Crippen LogP contribution in [0.1, 0.15) is 36.7 Å². The molecule has 1 aliphatic heterocycles. The Morgan fingerprint density at radius 3 is 2.72 bits per heavy atom. The summed E-state index contributed by atoms with van der Waals surface area (Å²) in [5.74, 6) is 1.16. The van der Waals surface area contributed by atoms with Gasteiger partial charge in [-0.25, -0.2) is 4.79 Å². The second-order valence-electron chi connectivity index (χ2n) is 7.73. The van der Waals surface area contributed by atoms with E-state index in [-0.39, 0.29) is 12.1 Å². The fourth-order valence-corrected chi connectivity index (χ4v) is 3.36. The van der Waals surface area contributed by atoms with Crippen molar-refractivity contribution in [2.75, 3.05) is 53.0 Å². The van der Waals surface area contributed by atoms with E-state index in [0.717, 1.165) is 57.3 Å². The lowest BCUT2D eigenvalue weighted by molar-refractivity contribution is -0.0261. The minimum absolute atomic E-state index is 0.142. The van der Waals surface area contributed by atoms with Crippen LogP contribution in [0.3, 0.4) is 0 Å². The number of rotatable bonds is 9. The molecule has 0 aliphatic carbocycles. The third-order valence-electron chi connectivity index (χ3n) is 4.72. The van der Waals surface area contributed by atoms with Gasteiger partial charge in [0.1, 0.15) is 0 Å². The maximum Gasteiger partial charge on any atom is 0.337 e. The first kappa shape index (κ1) is 23.2. The largest absolute Gasteiger partial charge is 0.465 e. The number of nitrogens with zero attached hydrogens (tertiary/aromatic N) is 2. The van der Waals surface area contributed by atoms with Crippen molar-refractivity contribution in [2.45, 2.75) is 33.3 Å². The highest BCUT2D eigenvalue weighted by atomic mass is 16.5. The summed E-state index contributed by atoms with van der Waals surface area (Å²) < 4.78 is 10.6. The number of methoxy groups -OCH3 is 1. The van der Waals surface area contributed by atoms with E-state index in [2.05, 4.69) is 36.3 Å². The molecule has 1 atom stereocenters. The van der Waals surface area contributed by atoms with Crippen LogP contribution in [-0.2, 0) is 15.9 Å². The van der Waals surface area contributed by atoms with Gasteiger partial charge in [-0.2, -0.15) is 0 Å². The van der Waals surface area contributed by atoms with Crippen LogP contribution >= 0.6 is 0 Å². The van der Waals surface area contributed by atoms with Gasteiger partial charge in [0, 0.05) is 32.7 Å².